The largest absolute Gasteiger partial charge is 0.481 e. The maximum Gasteiger partial charge on any atom is 0.312 e. The van der Waals surface area contributed by atoms with Gasteiger partial charge in [0.05, 0.1) is 11.5 Å². The molecule has 0 aromatic heterocycles. The zero-order valence-electron chi connectivity index (χ0n) is 11.5. The van der Waals surface area contributed by atoms with Gasteiger partial charge in [0.1, 0.15) is 0 Å². The lowest BCUT2D eigenvalue weighted by molar-refractivity contribution is -0.172. The van der Waals surface area contributed by atoms with Crippen LogP contribution >= 0.6 is 0 Å². The highest BCUT2D eigenvalue weighted by Gasteiger charge is 2.54. The van der Waals surface area contributed by atoms with E-state index in [1.807, 2.05) is 20.8 Å². The van der Waals surface area contributed by atoms with Gasteiger partial charge >= 0.3 is 5.97 Å². The molecule has 1 rings (SSSR count). The molecule has 0 aromatic rings. The fraction of sp³-hybridized carbons (Fsp3) is 0.929. The van der Waals surface area contributed by atoms with Gasteiger partial charge in [-0.3, -0.25) is 4.79 Å². The molecule has 2 unspecified atom stereocenters. The highest BCUT2D eigenvalue weighted by atomic mass is 16.5. The maximum atomic E-state index is 11.9. The Bertz CT molecular complexity index is 248. The van der Waals surface area contributed by atoms with Crippen LogP contribution in [-0.4, -0.2) is 24.3 Å². The molecule has 0 heterocycles. The number of hydrogen-bond donors (Lipinski definition) is 1. The van der Waals surface area contributed by atoms with Crippen molar-refractivity contribution in [2.24, 2.45) is 17.3 Å². The molecule has 0 aromatic carbocycles. The Kier molecular flexibility index (Phi) is 4.99. The molecule has 0 bridgehead atoms. The Morgan fingerprint density at radius 3 is 2.24 bits per heavy atom. The molecule has 1 fully saturated rings. The van der Waals surface area contributed by atoms with Crippen molar-refractivity contribution in [1.29, 1.82) is 0 Å². The van der Waals surface area contributed by atoms with Gasteiger partial charge in [-0.2, -0.15) is 0 Å². The summed E-state index contributed by atoms with van der Waals surface area (Å²) in [6.07, 6.45) is 4.97. The van der Waals surface area contributed by atoms with Crippen LogP contribution in [0, 0.1) is 17.3 Å². The van der Waals surface area contributed by atoms with Crippen molar-refractivity contribution >= 4 is 5.97 Å². The van der Waals surface area contributed by atoms with Crippen LogP contribution in [0.4, 0.5) is 0 Å². The van der Waals surface area contributed by atoms with Crippen LogP contribution in [0.15, 0.2) is 0 Å². The van der Waals surface area contributed by atoms with Crippen molar-refractivity contribution in [2.75, 3.05) is 7.11 Å². The van der Waals surface area contributed by atoms with E-state index >= 15 is 0 Å². The van der Waals surface area contributed by atoms with E-state index in [1.165, 1.54) is 0 Å². The molecule has 100 valence electrons. The van der Waals surface area contributed by atoms with E-state index < -0.39 is 11.4 Å². The summed E-state index contributed by atoms with van der Waals surface area (Å²) in [7, 11) is 1.64. The minimum atomic E-state index is -0.708. The smallest absolute Gasteiger partial charge is 0.312 e. The van der Waals surface area contributed by atoms with E-state index in [0.29, 0.717) is 0 Å². The number of aliphatic carboxylic acids is 1. The van der Waals surface area contributed by atoms with Gasteiger partial charge in [0.15, 0.2) is 0 Å². The summed E-state index contributed by atoms with van der Waals surface area (Å²) in [5, 5.41) is 9.81. The molecule has 17 heavy (non-hydrogen) atoms. The van der Waals surface area contributed by atoms with Crippen molar-refractivity contribution in [3.8, 4) is 0 Å². The van der Waals surface area contributed by atoms with Crippen LogP contribution < -0.4 is 0 Å². The molecule has 1 aliphatic carbocycles. The predicted octanol–water partition coefficient (Wildman–Crippen LogP) is 3.33. The first-order valence-corrected chi connectivity index (χ1v) is 6.77. The van der Waals surface area contributed by atoms with E-state index in [9.17, 15) is 9.90 Å². The molecule has 0 saturated heterocycles. The number of carboxylic acid groups (broad SMARTS) is 1. The third-order valence-electron chi connectivity index (χ3n) is 4.54. The van der Waals surface area contributed by atoms with Crippen LogP contribution in [0.5, 0.6) is 0 Å². The second kappa shape index (κ2) is 5.85. The topological polar surface area (TPSA) is 46.5 Å². The van der Waals surface area contributed by atoms with Crippen LogP contribution in [0.25, 0.3) is 0 Å². The third-order valence-corrected chi connectivity index (χ3v) is 4.54. The molecule has 1 N–H and O–H groups in total. The fourth-order valence-electron chi connectivity index (χ4n) is 3.77. The molecular formula is C14H26O3. The third kappa shape index (κ3) is 2.35. The van der Waals surface area contributed by atoms with Gasteiger partial charge in [-0.05, 0) is 31.1 Å². The van der Waals surface area contributed by atoms with Crippen molar-refractivity contribution in [2.45, 2.75) is 59.0 Å². The first kappa shape index (κ1) is 14.5. The summed E-state index contributed by atoms with van der Waals surface area (Å²) in [6, 6.07) is 0. The summed E-state index contributed by atoms with van der Waals surface area (Å²) in [6.45, 7) is 6.06. The zero-order chi connectivity index (χ0) is 13.1. The van der Waals surface area contributed by atoms with E-state index in [0.717, 1.165) is 32.1 Å². The van der Waals surface area contributed by atoms with Gasteiger partial charge < -0.3 is 9.84 Å². The normalized spacial score (nSPS) is 22.6. The van der Waals surface area contributed by atoms with Crippen LogP contribution in [-0.2, 0) is 9.53 Å². The van der Waals surface area contributed by atoms with E-state index in [2.05, 4.69) is 0 Å². The summed E-state index contributed by atoms with van der Waals surface area (Å²) in [5.74, 6) is -0.300. The van der Waals surface area contributed by atoms with E-state index in [1.54, 1.807) is 7.11 Å². The lowest BCUT2D eigenvalue weighted by atomic mass is 9.62. The number of carbonyl (C=O) groups is 1. The van der Waals surface area contributed by atoms with Crippen molar-refractivity contribution in [3.63, 3.8) is 0 Å². The molecule has 2 atom stereocenters. The first-order chi connectivity index (χ1) is 8.01. The quantitative estimate of drug-likeness (QED) is 0.777. The SMILES string of the molecule is CCC(OC)C(C(=O)O)(C(C)C)C1CCCC1. The van der Waals surface area contributed by atoms with E-state index in [4.69, 9.17) is 4.74 Å². The van der Waals surface area contributed by atoms with Crippen LogP contribution in [0.2, 0.25) is 0 Å². The average molecular weight is 242 g/mol. The number of ether oxygens (including phenoxy) is 1. The van der Waals surface area contributed by atoms with Crippen LogP contribution in [0.1, 0.15) is 52.9 Å². The Labute approximate surface area is 105 Å². The highest BCUT2D eigenvalue weighted by molar-refractivity contribution is 5.76. The molecule has 0 amide bonds. The average Bonchev–Trinajstić information content (AvgIpc) is 2.77. The van der Waals surface area contributed by atoms with Crippen molar-refractivity contribution < 1.29 is 14.6 Å². The molecule has 3 heteroatoms. The summed E-state index contributed by atoms with van der Waals surface area (Å²) in [4.78, 5) is 11.9. The van der Waals surface area contributed by atoms with E-state index in [-0.39, 0.29) is 17.9 Å². The highest BCUT2D eigenvalue weighted by Crippen LogP contribution is 2.49. The summed E-state index contributed by atoms with van der Waals surface area (Å²) >= 11 is 0. The molecule has 0 spiro atoms. The molecule has 1 aliphatic rings. The number of rotatable bonds is 6. The Balaban J connectivity index is 3.15. The second-order valence-electron chi connectivity index (χ2n) is 5.51. The number of hydrogen-bond acceptors (Lipinski definition) is 2. The Morgan fingerprint density at radius 1 is 1.41 bits per heavy atom. The maximum absolute atomic E-state index is 11.9. The fourth-order valence-corrected chi connectivity index (χ4v) is 3.77. The van der Waals surface area contributed by atoms with Gasteiger partial charge in [0, 0.05) is 7.11 Å². The summed E-state index contributed by atoms with van der Waals surface area (Å²) < 4.78 is 5.52. The molecular weight excluding hydrogens is 216 g/mol. The lowest BCUT2D eigenvalue weighted by Crippen LogP contribution is -2.52. The second-order valence-corrected chi connectivity index (χ2v) is 5.51. The molecule has 1 saturated carbocycles. The Hall–Kier alpha value is -0.570. The van der Waals surface area contributed by atoms with Gasteiger partial charge in [-0.25, -0.2) is 0 Å². The lowest BCUT2D eigenvalue weighted by Gasteiger charge is -2.44. The molecule has 0 aliphatic heterocycles. The number of methoxy groups -OCH3 is 1. The first-order valence-electron chi connectivity index (χ1n) is 6.77. The standard InChI is InChI=1S/C14H26O3/c1-5-12(17-4)14(10(2)3,13(15)16)11-8-6-7-9-11/h10-12H,5-9H2,1-4H3,(H,15,16). The Morgan fingerprint density at radius 2 is 1.94 bits per heavy atom. The molecule has 0 radical (unpaired) electrons. The zero-order valence-corrected chi connectivity index (χ0v) is 11.5. The van der Waals surface area contributed by atoms with Crippen LogP contribution in [0.3, 0.4) is 0 Å². The molecule has 3 nitrogen and oxygen atoms in total. The van der Waals surface area contributed by atoms with Gasteiger partial charge in [-0.15, -0.1) is 0 Å². The van der Waals surface area contributed by atoms with Crippen molar-refractivity contribution in [1.82, 2.24) is 0 Å². The monoisotopic (exact) mass is 242 g/mol. The number of carboxylic acids is 1. The van der Waals surface area contributed by atoms with Gasteiger partial charge in [-0.1, -0.05) is 33.6 Å². The summed E-state index contributed by atoms with van der Waals surface area (Å²) in [5.41, 5.74) is -0.708. The minimum Gasteiger partial charge on any atom is -0.481 e. The van der Waals surface area contributed by atoms with Gasteiger partial charge in [0.2, 0.25) is 0 Å². The van der Waals surface area contributed by atoms with Crippen molar-refractivity contribution in [3.05, 3.63) is 0 Å². The van der Waals surface area contributed by atoms with Gasteiger partial charge in [0.25, 0.3) is 0 Å². The minimum absolute atomic E-state index is 0.105. The predicted molar refractivity (Wildman–Crippen MR) is 68.0 cm³/mol.